The first-order valence-electron chi connectivity index (χ1n) is 8.69. The summed E-state index contributed by atoms with van der Waals surface area (Å²) in [4.78, 5) is 24.6. The van der Waals surface area contributed by atoms with Gasteiger partial charge in [0.05, 0.1) is 5.52 Å². The van der Waals surface area contributed by atoms with E-state index in [1.165, 1.54) is 6.92 Å². The molecule has 0 atom stereocenters. The van der Waals surface area contributed by atoms with Crippen LogP contribution in [0.2, 0.25) is 0 Å². The minimum atomic E-state index is -0.145. The minimum Gasteiger partial charge on any atom is -0.326 e. The topological polar surface area (TPSA) is 79.8 Å². The van der Waals surface area contributed by atoms with E-state index in [2.05, 4.69) is 25.6 Å². The number of anilines is 3. The molecule has 0 saturated carbocycles. The van der Waals surface area contributed by atoms with Crippen LogP contribution in [0, 0.1) is 0 Å². The Bertz CT molecular complexity index is 1160. The van der Waals surface area contributed by atoms with Crippen LogP contribution in [0.5, 0.6) is 0 Å². The Morgan fingerprint density at radius 2 is 1.86 bits per heavy atom. The summed E-state index contributed by atoms with van der Waals surface area (Å²) in [5.41, 5.74) is 4.73. The summed E-state index contributed by atoms with van der Waals surface area (Å²) in [5, 5.41) is 6.90. The number of hydrogen-bond acceptors (Lipinski definition) is 5. The number of amides is 1. The number of aromatic nitrogens is 3. The Hall–Kier alpha value is -3.74. The predicted molar refractivity (Wildman–Crippen MR) is 112 cm³/mol. The maximum absolute atomic E-state index is 11.5. The Morgan fingerprint density at radius 3 is 2.64 bits per heavy atom. The highest BCUT2D eigenvalue weighted by Gasteiger charge is 2.07. The van der Waals surface area contributed by atoms with Gasteiger partial charge in [-0.05, 0) is 35.9 Å². The molecule has 2 heterocycles. The van der Waals surface area contributed by atoms with Crippen molar-refractivity contribution in [2.45, 2.75) is 6.92 Å². The van der Waals surface area contributed by atoms with Gasteiger partial charge in [0.25, 0.3) is 0 Å². The van der Waals surface area contributed by atoms with Crippen molar-refractivity contribution in [1.29, 1.82) is 0 Å². The highest BCUT2D eigenvalue weighted by atomic mass is 16.1. The van der Waals surface area contributed by atoms with E-state index < -0.39 is 0 Å². The molecule has 4 rings (SSSR count). The molecule has 2 N–H and O–H groups in total. The summed E-state index contributed by atoms with van der Waals surface area (Å²) in [6, 6.07) is 15.0. The number of pyridine rings is 1. The maximum atomic E-state index is 11.5. The number of hydrogen-bond donors (Lipinski definition) is 2. The molecule has 1 amide bonds. The molecule has 0 fully saturated rings. The van der Waals surface area contributed by atoms with Gasteiger partial charge in [0.2, 0.25) is 11.9 Å². The van der Waals surface area contributed by atoms with Gasteiger partial charge in [-0.3, -0.25) is 9.78 Å². The monoisotopic (exact) mass is 365 g/mol. The Kier molecular flexibility index (Phi) is 4.72. The van der Waals surface area contributed by atoms with Crippen LogP contribution in [0.4, 0.5) is 17.3 Å². The number of rotatable bonds is 4. The van der Waals surface area contributed by atoms with E-state index in [-0.39, 0.29) is 5.91 Å². The van der Waals surface area contributed by atoms with Crippen LogP contribution >= 0.6 is 0 Å². The molecule has 0 spiro atoms. The van der Waals surface area contributed by atoms with Crippen molar-refractivity contribution < 1.29 is 4.79 Å². The summed E-state index contributed by atoms with van der Waals surface area (Å²) < 4.78 is 0. The van der Waals surface area contributed by atoms with Gasteiger partial charge >= 0.3 is 0 Å². The number of benzene rings is 2. The average Bonchev–Trinajstić information content (AvgIpc) is 2.68. The van der Waals surface area contributed by atoms with Crippen LogP contribution < -0.4 is 16.1 Å². The van der Waals surface area contributed by atoms with E-state index >= 15 is 0 Å². The lowest BCUT2D eigenvalue weighted by Crippen LogP contribution is -2.07. The first-order valence-corrected chi connectivity index (χ1v) is 8.69. The van der Waals surface area contributed by atoms with Gasteiger partial charge in [-0.25, -0.2) is 9.97 Å². The molecule has 7 heteroatoms. The number of nitrogens with zero attached hydrogens (tertiary/aromatic N) is 3. The lowest BCUT2D eigenvalue weighted by atomic mass is 9.95. The van der Waals surface area contributed by atoms with Crippen LogP contribution in [0.25, 0.3) is 22.0 Å². The molecule has 0 bridgehead atoms. The fourth-order valence-corrected chi connectivity index (χ4v) is 2.92. The zero-order chi connectivity index (χ0) is 19.5. The second kappa shape index (κ2) is 7.48. The quantitative estimate of drug-likeness (QED) is 0.543. The molecule has 2 aromatic carbocycles. The average molecular weight is 365 g/mol. The van der Waals surface area contributed by atoms with Crippen molar-refractivity contribution >= 4 is 47.4 Å². The summed E-state index contributed by atoms with van der Waals surface area (Å²) >= 11 is 0. The molecular weight excluding hydrogens is 349 g/mol. The van der Waals surface area contributed by atoms with Gasteiger partial charge < -0.3 is 10.6 Å². The molecule has 0 unspecified atom stereocenters. The molecule has 0 aliphatic carbocycles. The number of carbonyl (C=O) groups is 1. The van der Waals surface area contributed by atoms with Crippen LogP contribution in [-0.2, 0) is 4.79 Å². The van der Waals surface area contributed by atoms with Crippen molar-refractivity contribution in [3.8, 4) is 11.1 Å². The van der Waals surface area contributed by atoms with E-state index in [1.54, 1.807) is 24.7 Å². The summed E-state index contributed by atoms with van der Waals surface area (Å²) in [6.45, 7) is 1.47. The van der Waals surface area contributed by atoms with Crippen LogP contribution in [-0.4, -0.2) is 28.7 Å². The molecule has 6 nitrogen and oxygen atoms in total. The zero-order valence-corrected chi connectivity index (χ0v) is 15.2. The zero-order valence-electron chi connectivity index (χ0n) is 15.2. The molecular formula is C21H16BN5O. The van der Waals surface area contributed by atoms with Crippen molar-refractivity contribution in [2.75, 3.05) is 10.6 Å². The second-order valence-electron chi connectivity index (χ2n) is 6.36. The molecule has 4 aromatic rings. The highest BCUT2D eigenvalue weighted by molar-refractivity contribution is 6.33. The minimum absolute atomic E-state index is 0.145. The number of carbonyl (C=O) groups excluding carboxylic acids is 1. The molecule has 0 aliphatic rings. The van der Waals surface area contributed by atoms with Gasteiger partial charge in [0.15, 0.2) is 0 Å². The molecule has 0 saturated heterocycles. The second-order valence-corrected chi connectivity index (χ2v) is 6.36. The van der Waals surface area contributed by atoms with Gasteiger partial charge in [0.1, 0.15) is 7.85 Å². The number of nitrogens with one attached hydrogen (secondary N) is 2. The van der Waals surface area contributed by atoms with Gasteiger partial charge in [-0.15, -0.1) is 0 Å². The molecule has 28 heavy (non-hydrogen) atoms. The standard InChI is InChI=1S/C21H16BN5O/c1-13(28)25-18-8-15(14-3-2-6-23-11-14)9-19(10-18)26-21-24-12-16-7-17(22)4-5-20(16)27-21/h2-12H,1H3,(H,25,28)(H,24,26,27). The van der Waals surface area contributed by atoms with E-state index in [1.807, 2.05) is 42.5 Å². The van der Waals surface area contributed by atoms with Crippen LogP contribution in [0.3, 0.4) is 0 Å². The Morgan fingerprint density at radius 1 is 1.00 bits per heavy atom. The SMILES string of the molecule is [B]c1ccc2nc(Nc3cc(NC(C)=O)cc(-c4cccnc4)c3)ncc2c1. The Balaban J connectivity index is 1.72. The largest absolute Gasteiger partial charge is 0.326 e. The van der Waals surface area contributed by atoms with Gasteiger partial charge in [-0.2, -0.15) is 0 Å². The first-order chi connectivity index (χ1) is 13.6. The summed E-state index contributed by atoms with van der Waals surface area (Å²) in [6.07, 6.45) is 5.21. The van der Waals surface area contributed by atoms with E-state index in [0.717, 1.165) is 27.7 Å². The molecule has 0 aliphatic heterocycles. The van der Waals surface area contributed by atoms with Crippen molar-refractivity contribution in [3.63, 3.8) is 0 Å². The highest BCUT2D eigenvalue weighted by Crippen LogP contribution is 2.28. The van der Waals surface area contributed by atoms with Gasteiger partial charge in [0, 0.05) is 47.8 Å². The third kappa shape index (κ3) is 3.98. The lowest BCUT2D eigenvalue weighted by molar-refractivity contribution is -0.114. The molecule has 134 valence electrons. The third-order valence-electron chi connectivity index (χ3n) is 4.11. The fraction of sp³-hybridized carbons (Fsp3) is 0.0476. The van der Waals surface area contributed by atoms with Crippen LogP contribution in [0.15, 0.2) is 67.1 Å². The van der Waals surface area contributed by atoms with Crippen LogP contribution in [0.1, 0.15) is 6.92 Å². The third-order valence-corrected chi connectivity index (χ3v) is 4.11. The predicted octanol–water partition coefficient (Wildman–Crippen LogP) is 3.19. The van der Waals surface area contributed by atoms with E-state index in [9.17, 15) is 4.79 Å². The maximum Gasteiger partial charge on any atom is 0.227 e. The van der Waals surface area contributed by atoms with Crippen molar-refractivity contribution in [3.05, 3.63) is 67.1 Å². The summed E-state index contributed by atoms with van der Waals surface area (Å²) in [7, 11) is 5.80. The fourth-order valence-electron chi connectivity index (χ4n) is 2.92. The normalized spacial score (nSPS) is 10.6. The lowest BCUT2D eigenvalue weighted by Gasteiger charge is -2.12. The molecule has 2 aromatic heterocycles. The van der Waals surface area contributed by atoms with E-state index in [0.29, 0.717) is 17.1 Å². The smallest absolute Gasteiger partial charge is 0.227 e. The molecule has 2 radical (unpaired) electrons. The van der Waals surface area contributed by atoms with Crippen molar-refractivity contribution in [1.82, 2.24) is 15.0 Å². The first kappa shape index (κ1) is 17.7. The number of fused-ring (bicyclic) bond motifs is 1. The van der Waals surface area contributed by atoms with Crippen molar-refractivity contribution in [2.24, 2.45) is 0 Å². The van der Waals surface area contributed by atoms with E-state index in [4.69, 9.17) is 7.85 Å². The Labute approximate surface area is 163 Å². The summed E-state index contributed by atoms with van der Waals surface area (Å²) in [5.74, 6) is 0.309. The van der Waals surface area contributed by atoms with Gasteiger partial charge in [-0.1, -0.05) is 23.7 Å².